The minimum atomic E-state index is -2.83. The van der Waals surface area contributed by atoms with E-state index in [0.29, 0.717) is 54.5 Å². The Morgan fingerprint density at radius 3 is 2.65 bits per heavy atom. The van der Waals surface area contributed by atoms with Crippen LogP contribution in [0.5, 0.6) is 0 Å². The van der Waals surface area contributed by atoms with E-state index in [2.05, 4.69) is 30.6 Å². The summed E-state index contributed by atoms with van der Waals surface area (Å²) in [7, 11) is 0. The van der Waals surface area contributed by atoms with Crippen molar-refractivity contribution in [2.45, 2.75) is 13.0 Å². The maximum absolute atomic E-state index is 12.7. The molecule has 11 nitrogen and oxygen atoms in total. The van der Waals surface area contributed by atoms with Crippen LogP contribution in [0.1, 0.15) is 28.4 Å². The molecule has 4 aromatic rings. The molecule has 0 aliphatic carbocycles. The Kier molecular flexibility index (Phi) is 5.99. The van der Waals surface area contributed by atoms with Crippen LogP contribution in [0, 0.1) is 0 Å². The van der Waals surface area contributed by atoms with E-state index in [-0.39, 0.29) is 18.3 Å². The topological polar surface area (TPSA) is 125 Å². The Balaban J connectivity index is 1.27. The zero-order valence-electron chi connectivity index (χ0n) is 17.7. The first-order chi connectivity index (χ1) is 16.6. The zero-order valence-corrected chi connectivity index (χ0v) is 17.7. The highest BCUT2D eigenvalue weighted by Gasteiger charge is 2.20. The standard InChI is InChI=1S/C21H18F2N8O3/c22-17(23)20-27-26-19(34-20)15-4-5-16(24-11-15)12-31-28-18(25-29-31)13-2-1-3-14(10-13)21(32)30-6-8-33-9-7-30/h1-5,10-11,17H,6-9,12H2. The molecule has 174 valence electrons. The number of carbonyl (C=O) groups is 1. The third-order valence-corrected chi connectivity index (χ3v) is 5.12. The SMILES string of the molecule is O=C(c1cccc(-c2nnn(Cc3ccc(-c4nnc(C(F)F)o4)cn3)n2)c1)N1CCOCC1. The lowest BCUT2D eigenvalue weighted by atomic mass is 10.1. The number of morpholine rings is 1. The number of halogens is 2. The smallest absolute Gasteiger partial charge is 0.314 e. The van der Waals surface area contributed by atoms with Gasteiger partial charge in [-0.2, -0.15) is 13.6 Å². The molecule has 0 N–H and O–H groups in total. The highest BCUT2D eigenvalue weighted by atomic mass is 19.3. The monoisotopic (exact) mass is 468 g/mol. The number of carbonyl (C=O) groups excluding carboxylic acids is 1. The molecular formula is C21H18F2N8O3. The normalized spacial score (nSPS) is 14.0. The van der Waals surface area contributed by atoms with Crippen LogP contribution in [0.15, 0.2) is 47.0 Å². The van der Waals surface area contributed by atoms with Gasteiger partial charge in [-0.15, -0.1) is 20.4 Å². The number of amides is 1. The number of rotatable bonds is 6. The summed E-state index contributed by atoms with van der Waals surface area (Å²) in [6.07, 6.45) is -1.39. The molecule has 0 atom stereocenters. The van der Waals surface area contributed by atoms with Crippen molar-refractivity contribution < 1.29 is 22.7 Å². The number of hydrogen-bond acceptors (Lipinski definition) is 9. The third-order valence-electron chi connectivity index (χ3n) is 5.12. The number of benzene rings is 1. The average molecular weight is 468 g/mol. The minimum Gasteiger partial charge on any atom is -0.415 e. The van der Waals surface area contributed by atoms with Gasteiger partial charge in [-0.25, -0.2) is 0 Å². The van der Waals surface area contributed by atoms with Gasteiger partial charge in [-0.1, -0.05) is 12.1 Å². The van der Waals surface area contributed by atoms with Crippen molar-refractivity contribution in [1.82, 2.24) is 40.3 Å². The number of pyridine rings is 1. The average Bonchev–Trinajstić information content (AvgIpc) is 3.55. The van der Waals surface area contributed by atoms with Crippen molar-refractivity contribution >= 4 is 5.91 Å². The highest BCUT2D eigenvalue weighted by molar-refractivity contribution is 5.95. The minimum absolute atomic E-state index is 0.0398. The van der Waals surface area contributed by atoms with E-state index >= 15 is 0 Å². The fraction of sp³-hybridized carbons (Fsp3) is 0.286. The van der Waals surface area contributed by atoms with Crippen LogP contribution in [-0.4, -0.2) is 72.5 Å². The fourth-order valence-corrected chi connectivity index (χ4v) is 3.39. The molecule has 1 amide bonds. The maximum Gasteiger partial charge on any atom is 0.314 e. The molecule has 4 heterocycles. The van der Waals surface area contributed by atoms with Gasteiger partial charge >= 0.3 is 6.43 Å². The van der Waals surface area contributed by atoms with Gasteiger partial charge in [0.25, 0.3) is 11.8 Å². The number of nitrogens with zero attached hydrogens (tertiary/aromatic N) is 8. The van der Waals surface area contributed by atoms with E-state index in [9.17, 15) is 13.6 Å². The molecule has 1 aliphatic heterocycles. The van der Waals surface area contributed by atoms with Crippen molar-refractivity contribution in [2.24, 2.45) is 0 Å². The molecule has 0 saturated carbocycles. The molecule has 1 aromatic carbocycles. The second-order valence-electron chi connectivity index (χ2n) is 7.41. The van der Waals surface area contributed by atoms with Gasteiger partial charge in [0.2, 0.25) is 11.7 Å². The lowest BCUT2D eigenvalue weighted by Crippen LogP contribution is -2.40. The first-order valence-electron chi connectivity index (χ1n) is 10.4. The van der Waals surface area contributed by atoms with Crippen LogP contribution in [-0.2, 0) is 11.3 Å². The molecular weight excluding hydrogens is 450 g/mol. The van der Waals surface area contributed by atoms with Gasteiger partial charge in [-0.3, -0.25) is 9.78 Å². The molecule has 34 heavy (non-hydrogen) atoms. The zero-order chi connectivity index (χ0) is 23.5. The van der Waals surface area contributed by atoms with Gasteiger partial charge < -0.3 is 14.1 Å². The Bertz CT molecular complexity index is 1290. The molecule has 0 unspecified atom stereocenters. The van der Waals surface area contributed by atoms with Gasteiger partial charge in [0.1, 0.15) is 6.54 Å². The van der Waals surface area contributed by atoms with E-state index < -0.39 is 12.3 Å². The van der Waals surface area contributed by atoms with Crippen LogP contribution in [0.3, 0.4) is 0 Å². The van der Waals surface area contributed by atoms with Gasteiger partial charge in [0, 0.05) is 30.4 Å². The summed E-state index contributed by atoms with van der Waals surface area (Å²) in [5.41, 5.74) is 2.23. The van der Waals surface area contributed by atoms with Gasteiger partial charge in [0.15, 0.2) is 0 Å². The summed E-state index contributed by atoms with van der Waals surface area (Å²) >= 11 is 0. The Hall–Kier alpha value is -4.13. The van der Waals surface area contributed by atoms with Crippen molar-refractivity contribution in [1.29, 1.82) is 0 Å². The molecule has 1 aliphatic rings. The van der Waals surface area contributed by atoms with Crippen LogP contribution in [0.4, 0.5) is 8.78 Å². The fourth-order valence-electron chi connectivity index (χ4n) is 3.39. The third kappa shape index (κ3) is 4.64. The van der Waals surface area contributed by atoms with E-state index in [1.165, 1.54) is 11.0 Å². The summed E-state index contributed by atoms with van der Waals surface area (Å²) in [6.45, 7) is 2.40. The molecule has 1 fully saturated rings. The number of aromatic nitrogens is 7. The van der Waals surface area contributed by atoms with Crippen LogP contribution < -0.4 is 0 Å². The molecule has 0 spiro atoms. The molecule has 3 aromatic heterocycles. The number of alkyl halides is 2. The molecule has 5 rings (SSSR count). The van der Waals surface area contributed by atoms with Crippen molar-refractivity contribution in [3.63, 3.8) is 0 Å². The summed E-state index contributed by atoms with van der Waals surface area (Å²) in [4.78, 5) is 20.1. The second kappa shape index (κ2) is 9.39. The predicted molar refractivity (Wildman–Crippen MR) is 112 cm³/mol. The van der Waals surface area contributed by atoms with E-state index in [0.717, 1.165) is 0 Å². The molecule has 13 heteroatoms. The van der Waals surface area contributed by atoms with E-state index in [1.54, 1.807) is 35.2 Å². The summed E-state index contributed by atoms with van der Waals surface area (Å²) in [6, 6.07) is 10.4. The van der Waals surface area contributed by atoms with Crippen LogP contribution >= 0.6 is 0 Å². The number of tetrazole rings is 1. The molecule has 0 radical (unpaired) electrons. The van der Waals surface area contributed by atoms with Gasteiger partial charge in [-0.05, 0) is 29.5 Å². The lowest BCUT2D eigenvalue weighted by Gasteiger charge is -2.26. The second-order valence-corrected chi connectivity index (χ2v) is 7.41. The van der Waals surface area contributed by atoms with E-state index in [4.69, 9.17) is 9.15 Å². The first kappa shape index (κ1) is 21.7. The predicted octanol–water partition coefficient (Wildman–Crippen LogP) is 2.24. The van der Waals surface area contributed by atoms with Crippen molar-refractivity contribution in [3.8, 4) is 22.8 Å². The summed E-state index contributed by atoms with van der Waals surface area (Å²) < 4.78 is 35.5. The van der Waals surface area contributed by atoms with Crippen molar-refractivity contribution in [2.75, 3.05) is 26.3 Å². The number of hydrogen-bond donors (Lipinski definition) is 0. The summed E-state index contributed by atoms with van der Waals surface area (Å²) in [5, 5.41) is 19.4. The van der Waals surface area contributed by atoms with E-state index in [1.807, 2.05) is 6.07 Å². The maximum atomic E-state index is 12.7. The van der Waals surface area contributed by atoms with Crippen LogP contribution in [0.25, 0.3) is 22.8 Å². The molecule has 1 saturated heterocycles. The van der Waals surface area contributed by atoms with Gasteiger partial charge in [0.05, 0.1) is 24.5 Å². The number of ether oxygens (including phenoxy) is 1. The Labute approximate surface area is 191 Å². The Morgan fingerprint density at radius 1 is 1.06 bits per heavy atom. The Morgan fingerprint density at radius 2 is 1.91 bits per heavy atom. The first-order valence-corrected chi connectivity index (χ1v) is 10.4. The lowest BCUT2D eigenvalue weighted by molar-refractivity contribution is 0.0303. The van der Waals surface area contributed by atoms with Crippen molar-refractivity contribution in [3.05, 3.63) is 59.7 Å². The quantitative estimate of drug-likeness (QED) is 0.419. The largest absolute Gasteiger partial charge is 0.415 e. The van der Waals surface area contributed by atoms with Crippen LogP contribution in [0.2, 0.25) is 0 Å². The molecule has 0 bridgehead atoms. The summed E-state index contributed by atoms with van der Waals surface area (Å²) in [5.74, 6) is -0.474. The highest BCUT2D eigenvalue weighted by Crippen LogP contribution is 2.23.